The van der Waals surface area contributed by atoms with Crippen molar-refractivity contribution >= 4 is 5.97 Å². The second-order valence-corrected chi connectivity index (χ2v) is 10.3. The highest BCUT2D eigenvalue weighted by molar-refractivity contribution is 5.71. The highest BCUT2D eigenvalue weighted by Crippen LogP contribution is 2.47. The molecule has 6 nitrogen and oxygen atoms in total. The van der Waals surface area contributed by atoms with Crippen molar-refractivity contribution in [3.63, 3.8) is 0 Å². The molecule has 38 heavy (non-hydrogen) atoms. The van der Waals surface area contributed by atoms with Gasteiger partial charge in [0.15, 0.2) is 0 Å². The Labute approximate surface area is 223 Å². The van der Waals surface area contributed by atoms with E-state index < -0.39 is 12.1 Å². The maximum Gasteiger partial charge on any atom is 0.308 e. The van der Waals surface area contributed by atoms with Gasteiger partial charge in [-0.05, 0) is 76.9 Å². The molecule has 0 radical (unpaired) electrons. The van der Waals surface area contributed by atoms with E-state index in [-0.39, 0.29) is 30.4 Å². The van der Waals surface area contributed by atoms with Gasteiger partial charge in [-0.1, -0.05) is 38.1 Å². The van der Waals surface area contributed by atoms with Gasteiger partial charge in [-0.3, -0.25) is 4.79 Å². The molecular weight excluding hydrogens is 487 g/mol. The molecule has 0 bridgehead atoms. The van der Waals surface area contributed by atoms with Crippen LogP contribution in [0.5, 0.6) is 11.5 Å². The normalized spacial score (nSPS) is 17.5. The zero-order chi connectivity index (χ0) is 27.3. The van der Waals surface area contributed by atoms with Crippen molar-refractivity contribution in [2.24, 2.45) is 5.41 Å². The smallest absolute Gasteiger partial charge is 0.308 e. The van der Waals surface area contributed by atoms with Crippen LogP contribution in [0.3, 0.4) is 0 Å². The molecule has 202 valence electrons. The number of rotatable bonds is 9. The third kappa shape index (κ3) is 6.34. The summed E-state index contributed by atoms with van der Waals surface area (Å²) in [6.45, 7) is 5.26. The summed E-state index contributed by atoms with van der Waals surface area (Å²) < 4.78 is 37.4. The fourth-order valence-electron chi connectivity index (χ4n) is 4.94. The molecular formula is C31H35FO6. The summed E-state index contributed by atoms with van der Waals surface area (Å²) in [7, 11) is 2.85. The van der Waals surface area contributed by atoms with Crippen LogP contribution in [0, 0.1) is 11.2 Å². The van der Waals surface area contributed by atoms with Gasteiger partial charge in [0.05, 0.1) is 32.8 Å². The molecule has 0 aliphatic carbocycles. The summed E-state index contributed by atoms with van der Waals surface area (Å²) in [5.41, 5.74) is 3.46. The van der Waals surface area contributed by atoms with Gasteiger partial charge < -0.3 is 24.1 Å². The first kappa shape index (κ1) is 27.6. The number of hydrogen-bond acceptors (Lipinski definition) is 6. The zero-order valence-corrected chi connectivity index (χ0v) is 22.3. The van der Waals surface area contributed by atoms with Crippen molar-refractivity contribution in [1.29, 1.82) is 0 Å². The van der Waals surface area contributed by atoms with Crippen LogP contribution >= 0.6 is 0 Å². The molecule has 1 aliphatic heterocycles. The van der Waals surface area contributed by atoms with E-state index in [4.69, 9.17) is 14.2 Å². The summed E-state index contributed by atoms with van der Waals surface area (Å²) in [5.74, 6) is 0.326. The Kier molecular flexibility index (Phi) is 8.69. The summed E-state index contributed by atoms with van der Waals surface area (Å²) in [4.78, 5) is 11.5. The molecule has 1 saturated heterocycles. The predicted octanol–water partition coefficient (Wildman–Crippen LogP) is 6.55. The molecule has 1 N–H and O–H groups in total. The van der Waals surface area contributed by atoms with Crippen LogP contribution in [0.4, 0.5) is 4.39 Å². The van der Waals surface area contributed by atoms with Gasteiger partial charge in [0, 0.05) is 12.2 Å². The summed E-state index contributed by atoms with van der Waals surface area (Å²) in [6, 6.07) is 17.6. The van der Waals surface area contributed by atoms with Crippen LogP contribution < -0.4 is 9.47 Å². The van der Waals surface area contributed by atoms with Gasteiger partial charge in [-0.2, -0.15) is 0 Å². The van der Waals surface area contributed by atoms with Crippen molar-refractivity contribution in [2.75, 3.05) is 20.8 Å². The SMILES string of the molecule is COC(=O)C[C@@H](O)c1cccc(OCc2ccc(-c3cc(OC)ccc3F)c([C@H]3OCCCC3(C)C)c2)c1. The lowest BCUT2D eigenvalue weighted by Crippen LogP contribution is -2.30. The van der Waals surface area contributed by atoms with Gasteiger partial charge >= 0.3 is 5.97 Å². The van der Waals surface area contributed by atoms with E-state index in [9.17, 15) is 9.90 Å². The van der Waals surface area contributed by atoms with Crippen molar-refractivity contribution < 1.29 is 33.2 Å². The maximum absolute atomic E-state index is 15.0. The molecule has 4 rings (SSSR count). The number of ether oxygens (including phenoxy) is 4. The third-order valence-corrected chi connectivity index (χ3v) is 7.06. The molecule has 0 saturated carbocycles. The van der Waals surface area contributed by atoms with Gasteiger partial charge in [0.25, 0.3) is 0 Å². The Morgan fingerprint density at radius 3 is 2.63 bits per heavy atom. The average molecular weight is 523 g/mol. The number of benzene rings is 3. The molecule has 0 amide bonds. The molecule has 1 aliphatic rings. The number of carbonyl (C=O) groups excluding carboxylic acids is 1. The molecule has 1 heterocycles. The molecule has 0 unspecified atom stereocenters. The first-order valence-corrected chi connectivity index (χ1v) is 12.8. The number of carbonyl (C=O) groups is 1. The summed E-state index contributed by atoms with van der Waals surface area (Å²) in [6.07, 6.45) is 0.642. The van der Waals surface area contributed by atoms with Gasteiger partial charge in [-0.25, -0.2) is 4.39 Å². The van der Waals surface area contributed by atoms with E-state index >= 15 is 4.39 Å². The fourth-order valence-corrected chi connectivity index (χ4v) is 4.94. The standard InChI is InChI=1S/C31H35FO6/c1-31(2)13-6-14-37-30(31)26-15-20(9-11-24(26)25-17-22(35-3)10-12-27(25)32)19-38-23-8-5-7-21(16-23)28(33)18-29(34)36-4/h5,7-12,15-17,28,30,33H,6,13-14,18-19H2,1-4H3/t28-,30-/m1/s1. The molecule has 0 aromatic heterocycles. The van der Waals surface area contributed by atoms with Crippen LogP contribution in [0.15, 0.2) is 60.7 Å². The molecule has 1 fully saturated rings. The minimum atomic E-state index is -0.986. The lowest BCUT2D eigenvalue weighted by molar-refractivity contribution is -0.142. The summed E-state index contributed by atoms with van der Waals surface area (Å²) in [5, 5.41) is 10.4. The Morgan fingerprint density at radius 1 is 1.08 bits per heavy atom. The largest absolute Gasteiger partial charge is 0.497 e. The van der Waals surface area contributed by atoms with Crippen LogP contribution in [0.2, 0.25) is 0 Å². The average Bonchev–Trinajstić information content (AvgIpc) is 2.92. The number of halogens is 1. The highest BCUT2D eigenvalue weighted by Gasteiger charge is 2.36. The molecule has 7 heteroatoms. The van der Waals surface area contributed by atoms with Crippen molar-refractivity contribution in [3.05, 3.63) is 83.2 Å². The highest BCUT2D eigenvalue weighted by atomic mass is 19.1. The minimum Gasteiger partial charge on any atom is -0.497 e. The minimum absolute atomic E-state index is 0.133. The number of esters is 1. The molecule has 2 atom stereocenters. The van der Waals surface area contributed by atoms with Gasteiger partial charge in [0.2, 0.25) is 0 Å². The molecule has 3 aromatic rings. The third-order valence-electron chi connectivity index (χ3n) is 7.06. The van der Waals surface area contributed by atoms with E-state index in [0.29, 0.717) is 29.2 Å². The van der Waals surface area contributed by atoms with E-state index in [1.54, 1.807) is 43.5 Å². The number of methoxy groups -OCH3 is 2. The monoisotopic (exact) mass is 522 g/mol. The predicted molar refractivity (Wildman–Crippen MR) is 142 cm³/mol. The van der Waals surface area contributed by atoms with Crippen LogP contribution in [0.25, 0.3) is 11.1 Å². The first-order chi connectivity index (χ1) is 18.2. The second kappa shape index (κ2) is 12.0. The van der Waals surface area contributed by atoms with Gasteiger partial charge in [-0.15, -0.1) is 0 Å². The fraction of sp³-hybridized carbons (Fsp3) is 0.387. The number of aliphatic hydroxyl groups is 1. The van der Waals surface area contributed by atoms with Crippen molar-refractivity contribution in [2.45, 2.75) is 51.9 Å². The Morgan fingerprint density at radius 2 is 1.89 bits per heavy atom. The summed E-state index contributed by atoms with van der Waals surface area (Å²) >= 11 is 0. The maximum atomic E-state index is 15.0. The first-order valence-electron chi connectivity index (χ1n) is 12.8. The van der Waals surface area contributed by atoms with Crippen LogP contribution in [-0.4, -0.2) is 31.9 Å². The van der Waals surface area contributed by atoms with E-state index in [1.165, 1.54) is 13.2 Å². The lowest BCUT2D eigenvalue weighted by atomic mass is 9.75. The van der Waals surface area contributed by atoms with Crippen molar-refractivity contribution in [3.8, 4) is 22.6 Å². The van der Waals surface area contributed by atoms with Gasteiger partial charge in [0.1, 0.15) is 23.9 Å². The Bertz CT molecular complexity index is 1270. The Balaban J connectivity index is 1.64. The van der Waals surface area contributed by atoms with Crippen LogP contribution in [-0.2, 0) is 20.9 Å². The quantitative estimate of drug-likeness (QED) is 0.321. The number of aliphatic hydroxyl groups excluding tert-OH is 1. The Hall–Kier alpha value is -3.42. The second-order valence-electron chi connectivity index (χ2n) is 10.3. The zero-order valence-electron chi connectivity index (χ0n) is 22.3. The molecule has 3 aromatic carbocycles. The number of hydrogen-bond donors (Lipinski definition) is 1. The van der Waals surface area contributed by atoms with E-state index in [0.717, 1.165) is 29.5 Å². The van der Waals surface area contributed by atoms with Crippen molar-refractivity contribution in [1.82, 2.24) is 0 Å². The van der Waals surface area contributed by atoms with E-state index in [2.05, 4.69) is 18.6 Å². The molecule has 0 spiro atoms. The van der Waals surface area contributed by atoms with E-state index in [1.807, 2.05) is 18.2 Å². The lowest BCUT2D eigenvalue weighted by Gasteiger charge is -2.39. The van der Waals surface area contributed by atoms with Crippen LogP contribution in [0.1, 0.15) is 62.0 Å². The topological polar surface area (TPSA) is 74.2 Å².